The summed E-state index contributed by atoms with van der Waals surface area (Å²) in [5.41, 5.74) is 0. The topological polar surface area (TPSA) is 104 Å². The number of rotatable bonds is 38. The normalized spacial score (nSPS) is 14.1. The standard InChI is InChI=1S/C47H81NO5S/c1-3-5-7-9-11-13-15-17-19-21-23-24-25-27-29-31-33-35-37-39-41-43-47(50)48-45(44-54(51,52)53)46(49)42-40-38-36-34-32-30-28-26-22-20-18-16-14-12-10-8-6-4-2/h5,7,11,13,17,19,23-24,27,29,33,35,40,42,45-46,49H,3-4,6,8-10,12,14-16,18,20-22,25-26,28,30-32,34,36-39,41,43-44H2,1-2H3,(H,48,50)(H,51,52,53)/b7-5-,13-11-,19-17-,24-23-,29-27-,35-33-,42-40+. The monoisotopic (exact) mass is 772 g/mol. The second-order valence-electron chi connectivity index (χ2n) is 14.6. The van der Waals surface area contributed by atoms with E-state index < -0.39 is 28.0 Å². The molecule has 6 nitrogen and oxygen atoms in total. The number of hydrogen-bond acceptors (Lipinski definition) is 4. The summed E-state index contributed by atoms with van der Waals surface area (Å²) in [7, 11) is -4.37. The first-order valence-electron chi connectivity index (χ1n) is 21.8. The molecule has 0 radical (unpaired) electrons. The molecule has 2 atom stereocenters. The van der Waals surface area contributed by atoms with Crippen LogP contribution in [0.15, 0.2) is 85.1 Å². The largest absolute Gasteiger partial charge is 0.387 e. The minimum absolute atomic E-state index is 0.236. The van der Waals surface area contributed by atoms with Crippen LogP contribution >= 0.6 is 0 Å². The van der Waals surface area contributed by atoms with E-state index in [9.17, 15) is 22.9 Å². The number of aliphatic hydroxyl groups excluding tert-OH is 1. The first kappa shape index (κ1) is 51.5. The Morgan fingerprint density at radius 2 is 0.889 bits per heavy atom. The number of unbranched alkanes of at least 4 members (excludes halogenated alkanes) is 18. The van der Waals surface area contributed by atoms with Gasteiger partial charge in [0.05, 0.1) is 17.9 Å². The molecular weight excluding hydrogens is 691 g/mol. The Hall–Kier alpha value is -2.48. The highest BCUT2D eigenvalue weighted by Crippen LogP contribution is 2.14. The number of carbonyl (C=O) groups is 1. The summed E-state index contributed by atoms with van der Waals surface area (Å²) in [6, 6.07) is -1.09. The smallest absolute Gasteiger partial charge is 0.267 e. The van der Waals surface area contributed by atoms with Crippen LogP contribution < -0.4 is 5.32 Å². The molecule has 0 aromatic rings. The fourth-order valence-corrected chi connectivity index (χ4v) is 6.83. The molecule has 0 aromatic carbocycles. The van der Waals surface area contributed by atoms with Gasteiger partial charge in [-0.25, -0.2) is 0 Å². The minimum atomic E-state index is -4.37. The van der Waals surface area contributed by atoms with E-state index in [0.29, 0.717) is 6.42 Å². The summed E-state index contributed by atoms with van der Waals surface area (Å²) in [5, 5.41) is 13.2. The lowest BCUT2D eigenvalue weighted by Gasteiger charge is -2.21. The van der Waals surface area contributed by atoms with Crippen LogP contribution in [0.3, 0.4) is 0 Å². The van der Waals surface area contributed by atoms with Crippen LogP contribution in [0.5, 0.6) is 0 Å². The van der Waals surface area contributed by atoms with Crippen molar-refractivity contribution in [3.63, 3.8) is 0 Å². The zero-order valence-corrected chi connectivity index (χ0v) is 35.4. The van der Waals surface area contributed by atoms with Crippen LogP contribution in [0.1, 0.15) is 187 Å². The molecule has 0 aromatic heterocycles. The van der Waals surface area contributed by atoms with Gasteiger partial charge in [-0.2, -0.15) is 8.42 Å². The highest BCUT2D eigenvalue weighted by Gasteiger charge is 2.24. The van der Waals surface area contributed by atoms with Gasteiger partial charge in [0.15, 0.2) is 0 Å². The van der Waals surface area contributed by atoms with Crippen molar-refractivity contribution in [2.45, 2.75) is 199 Å². The number of hydrogen-bond donors (Lipinski definition) is 3. The second kappa shape index (κ2) is 40.2. The number of carbonyl (C=O) groups excluding carboxylic acids is 1. The lowest BCUT2D eigenvalue weighted by Crippen LogP contribution is -2.46. The second-order valence-corrected chi connectivity index (χ2v) is 16.1. The molecule has 0 rings (SSSR count). The SMILES string of the molecule is CC/C=C\C/C=C\C/C=C\C/C=C\C/C=C\C/C=C\CCCCC(=O)NC(CS(=O)(=O)O)C(O)/C=C/CCCCCCCCCCCCCCCCCC. The number of allylic oxidation sites excluding steroid dienone is 13. The first-order chi connectivity index (χ1) is 26.3. The van der Waals surface area contributed by atoms with Gasteiger partial charge in [0, 0.05) is 6.42 Å². The molecule has 0 aliphatic heterocycles. The van der Waals surface area contributed by atoms with Crippen LogP contribution in [0.2, 0.25) is 0 Å². The van der Waals surface area contributed by atoms with Crippen molar-refractivity contribution in [2.24, 2.45) is 0 Å². The van der Waals surface area contributed by atoms with Crippen molar-refractivity contribution in [1.82, 2.24) is 5.32 Å². The third kappa shape index (κ3) is 40.7. The van der Waals surface area contributed by atoms with E-state index in [4.69, 9.17) is 0 Å². The fraction of sp³-hybridized carbons (Fsp3) is 0.681. The first-order valence-corrected chi connectivity index (χ1v) is 23.4. The third-order valence-corrected chi connectivity index (χ3v) is 10.1. The van der Waals surface area contributed by atoms with Gasteiger partial charge < -0.3 is 10.4 Å². The van der Waals surface area contributed by atoms with Gasteiger partial charge in [-0.15, -0.1) is 0 Å². The van der Waals surface area contributed by atoms with Gasteiger partial charge in [0.2, 0.25) is 5.91 Å². The van der Waals surface area contributed by atoms with E-state index >= 15 is 0 Å². The summed E-state index contributed by atoms with van der Waals surface area (Å²) < 4.78 is 32.5. The maximum atomic E-state index is 12.5. The zero-order chi connectivity index (χ0) is 39.6. The van der Waals surface area contributed by atoms with Gasteiger partial charge in [-0.3, -0.25) is 9.35 Å². The highest BCUT2D eigenvalue weighted by molar-refractivity contribution is 7.85. The lowest BCUT2D eigenvalue weighted by molar-refractivity contribution is -0.122. The molecule has 0 aliphatic rings. The van der Waals surface area contributed by atoms with Crippen molar-refractivity contribution in [3.8, 4) is 0 Å². The molecular formula is C47H81NO5S. The molecule has 0 bridgehead atoms. The van der Waals surface area contributed by atoms with E-state index in [-0.39, 0.29) is 12.3 Å². The van der Waals surface area contributed by atoms with E-state index in [1.54, 1.807) is 6.08 Å². The summed E-state index contributed by atoms with van der Waals surface area (Å²) in [6.07, 6.45) is 58.5. The summed E-state index contributed by atoms with van der Waals surface area (Å²) >= 11 is 0. The molecule has 54 heavy (non-hydrogen) atoms. The number of amides is 1. The fourth-order valence-electron chi connectivity index (χ4n) is 6.10. The van der Waals surface area contributed by atoms with Crippen LogP contribution in [0, 0.1) is 0 Å². The predicted molar refractivity (Wildman–Crippen MR) is 234 cm³/mol. The molecule has 2 unspecified atom stereocenters. The lowest BCUT2D eigenvalue weighted by atomic mass is 10.0. The van der Waals surface area contributed by atoms with Crippen LogP contribution in [-0.2, 0) is 14.9 Å². The highest BCUT2D eigenvalue weighted by atomic mass is 32.2. The third-order valence-electron chi connectivity index (χ3n) is 9.33. The Morgan fingerprint density at radius 1 is 0.519 bits per heavy atom. The average molecular weight is 772 g/mol. The Labute approximate surface area is 333 Å². The average Bonchev–Trinajstić information content (AvgIpc) is 3.14. The summed E-state index contributed by atoms with van der Waals surface area (Å²) in [6.45, 7) is 4.41. The maximum absolute atomic E-state index is 12.5. The van der Waals surface area contributed by atoms with Crippen molar-refractivity contribution < 1.29 is 22.9 Å². The summed E-state index contributed by atoms with van der Waals surface area (Å²) in [4.78, 5) is 12.5. The van der Waals surface area contributed by atoms with Gasteiger partial charge in [-0.1, -0.05) is 195 Å². The summed E-state index contributed by atoms with van der Waals surface area (Å²) in [5.74, 6) is -1.04. The molecule has 0 saturated carbocycles. The molecule has 0 heterocycles. The molecule has 0 spiro atoms. The molecule has 3 N–H and O–H groups in total. The van der Waals surface area contributed by atoms with Gasteiger partial charge in [0.1, 0.15) is 0 Å². The van der Waals surface area contributed by atoms with Crippen LogP contribution in [0.4, 0.5) is 0 Å². The van der Waals surface area contributed by atoms with Crippen molar-refractivity contribution in [1.29, 1.82) is 0 Å². The maximum Gasteiger partial charge on any atom is 0.267 e. The van der Waals surface area contributed by atoms with Crippen molar-refractivity contribution in [3.05, 3.63) is 85.1 Å². The van der Waals surface area contributed by atoms with E-state index in [1.807, 2.05) is 6.08 Å². The molecule has 7 heteroatoms. The van der Waals surface area contributed by atoms with Gasteiger partial charge in [-0.05, 0) is 70.6 Å². The van der Waals surface area contributed by atoms with Crippen molar-refractivity contribution in [2.75, 3.05) is 5.75 Å². The van der Waals surface area contributed by atoms with E-state index in [1.165, 1.54) is 89.9 Å². The Morgan fingerprint density at radius 3 is 1.31 bits per heavy atom. The van der Waals surface area contributed by atoms with Gasteiger partial charge in [0.25, 0.3) is 10.1 Å². The number of nitrogens with one attached hydrogen (secondary N) is 1. The number of aliphatic hydroxyl groups is 1. The van der Waals surface area contributed by atoms with Crippen LogP contribution in [0.25, 0.3) is 0 Å². The Kier molecular flexibility index (Phi) is 38.3. The Bertz CT molecular complexity index is 1160. The van der Waals surface area contributed by atoms with E-state index in [0.717, 1.165) is 70.6 Å². The minimum Gasteiger partial charge on any atom is -0.387 e. The zero-order valence-electron chi connectivity index (χ0n) is 34.6. The Balaban J connectivity index is 4.02. The molecule has 0 aliphatic carbocycles. The molecule has 1 amide bonds. The van der Waals surface area contributed by atoms with E-state index in [2.05, 4.69) is 92.1 Å². The van der Waals surface area contributed by atoms with Gasteiger partial charge >= 0.3 is 0 Å². The quantitative estimate of drug-likeness (QED) is 0.0329. The molecule has 310 valence electrons. The van der Waals surface area contributed by atoms with Crippen LogP contribution in [-0.4, -0.2) is 41.9 Å². The molecule has 0 fully saturated rings. The predicted octanol–water partition coefficient (Wildman–Crippen LogP) is 13.2. The molecule has 0 saturated heterocycles. The van der Waals surface area contributed by atoms with Crippen molar-refractivity contribution >= 4 is 16.0 Å².